The molecule has 1 aliphatic rings. The third-order valence-corrected chi connectivity index (χ3v) is 5.01. The van der Waals surface area contributed by atoms with Gasteiger partial charge in [-0.1, -0.05) is 25.4 Å². The summed E-state index contributed by atoms with van der Waals surface area (Å²) < 4.78 is 37.6. The van der Waals surface area contributed by atoms with E-state index in [1.807, 2.05) is 0 Å². The average Bonchev–Trinajstić information content (AvgIpc) is 2.43. The van der Waals surface area contributed by atoms with Gasteiger partial charge in [-0.25, -0.2) is 8.42 Å². The molecule has 0 unspecified atom stereocenters. The van der Waals surface area contributed by atoms with Crippen molar-refractivity contribution in [1.29, 1.82) is 0 Å². The lowest BCUT2D eigenvalue weighted by Crippen LogP contribution is -2.44. The summed E-state index contributed by atoms with van der Waals surface area (Å²) in [4.78, 5) is 10.9. The van der Waals surface area contributed by atoms with Crippen molar-refractivity contribution in [2.75, 3.05) is 13.2 Å². The Morgan fingerprint density at radius 3 is 2.32 bits per heavy atom. The van der Waals surface area contributed by atoms with E-state index in [2.05, 4.69) is 4.72 Å². The van der Waals surface area contributed by atoms with Crippen LogP contribution in [-0.2, 0) is 14.8 Å². The molecule has 0 bridgehead atoms. The Hall–Kier alpha value is -1.51. The summed E-state index contributed by atoms with van der Waals surface area (Å²) in [6, 6.07) is 1.32. The van der Waals surface area contributed by atoms with Crippen LogP contribution >= 0.6 is 11.6 Å². The summed E-state index contributed by atoms with van der Waals surface area (Å²) in [6.45, 7) is 3.85. The summed E-state index contributed by atoms with van der Waals surface area (Å²) in [5.74, 6) is -1.07. The standard InChI is InChI=1S/C13H16ClNO6S/c1-7(2)12(13(16)17)15-22(18,19)11-6-10-9(5-8(11)14)20-3-4-21-10/h5-7,12,15H,3-4H2,1-2H3,(H,16,17)/t12-/m1/s1. The number of rotatable bonds is 5. The normalized spacial score (nSPS) is 15.6. The van der Waals surface area contributed by atoms with Crippen LogP contribution in [0.5, 0.6) is 11.5 Å². The number of hydrogen-bond donors (Lipinski definition) is 2. The number of fused-ring (bicyclic) bond motifs is 1. The highest BCUT2D eigenvalue weighted by Gasteiger charge is 2.30. The molecule has 0 spiro atoms. The smallest absolute Gasteiger partial charge is 0.322 e. The van der Waals surface area contributed by atoms with E-state index in [4.69, 9.17) is 26.2 Å². The summed E-state index contributed by atoms with van der Waals surface area (Å²) in [5.41, 5.74) is 0. The zero-order valence-electron chi connectivity index (χ0n) is 12.0. The number of aliphatic carboxylic acids is 1. The van der Waals surface area contributed by atoms with Crippen LogP contribution in [0.3, 0.4) is 0 Å². The first-order valence-corrected chi connectivity index (χ1v) is 8.43. The number of halogens is 1. The van der Waals surface area contributed by atoms with Gasteiger partial charge in [0.2, 0.25) is 10.0 Å². The molecule has 1 atom stereocenters. The van der Waals surface area contributed by atoms with Crippen molar-refractivity contribution in [3.05, 3.63) is 17.2 Å². The minimum absolute atomic E-state index is 0.0651. The first-order valence-electron chi connectivity index (χ1n) is 6.56. The van der Waals surface area contributed by atoms with E-state index in [-0.39, 0.29) is 15.7 Å². The Kier molecular flexibility index (Phi) is 4.84. The van der Waals surface area contributed by atoms with Crippen LogP contribution in [-0.4, -0.2) is 38.7 Å². The van der Waals surface area contributed by atoms with Gasteiger partial charge in [0.1, 0.15) is 24.2 Å². The molecule has 0 saturated heterocycles. The molecule has 0 aliphatic carbocycles. The van der Waals surface area contributed by atoms with E-state index >= 15 is 0 Å². The van der Waals surface area contributed by atoms with E-state index in [0.717, 1.165) is 0 Å². The summed E-state index contributed by atoms with van der Waals surface area (Å²) in [5, 5.41) is 9.05. The highest BCUT2D eigenvalue weighted by Crippen LogP contribution is 2.37. The number of sulfonamides is 1. The van der Waals surface area contributed by atoms with Gasteiger partial charge in [-0.2, -0.15) is 4.72 Å². The largest absolute Gasteiger partial charge is 0.486 e. The van der Waals surface area contributed by atoms with Crippen molar-refractivity contribution in [2.45, 2.75) is 24.8 Å². The molecule has 1 heterocycles. The SMILES string of the molecule is CC(C)[C@@H](NS(=O)(=O)c1cc2c(cc1Cl)OCCO2)C(=O)O. The first kappa shape index (κ1) is 16.9. The summed E-state index contributed by atoms with van der Waals surface area (Å²) >= 11 is 5.99. The van der Waals surface area contributed by atoms with Crippen LogP contribution in [0.25, 0.3) is 0 Å². The summed E-state index contributed by atoms with van der Waals surface area (Å²) in [7, 11) is -4.11. The van der Waals surface area contributed by atoms with Crippen LogP contribution in [0, 0.1) is 5.92 Å². The van der Waals surface area contributed by atoms with Crippen molar-refractivity contribution in [3.8, 4) is 11.5 Å². The van der Waals surface area contributed by atoms with Crippen molar-refractivity contribution < 1.29 is 27.8 Å². The molecule has 0 aromatic heterocycles. The van der Waals surface area contributed by atoms with Crippen molar-refractivity contribution in [2.24, 2.45) is 5.92 Å². The minimum atomic E-state index is -4.11. The number of ether oxygens (including phenoxy) is 2. The zero-order valence-corrected chi connectivity index (χ0v) is 13.6. The van der Waals surface area contributed by atoms with Gasteiger partial charge in [0.25, 0.3) is 0 Å². The molecule has 9 heteroatoms. The molecule has 0 fully saturated rings. The lowest BCUT2D eigenvalue weighted by molar-refractivity contribution is -0.140. The molecular weight excluding hydrogens is 334 g/mol. The molecule has 0 amide bonds. The van der Waals surface area contributed by atoms with Crippen LogP contribution in [0.1, 0.15) is 13.8 Å². The second kappa shape index (κ2) is 6.31. The number of nitrogens with one attached hydrogen (secondary N) is 1. The minimum Gasteiger partial charge on any atom is -0.486 e. The van der Waals surface area contributed by atoms with Crippen molar-refractivity contribution in [3.63, 3.8) is 0 Å². The first-order chi connectivity index (χ1) is 10.2. The molecule has 7 nitrogen and oxygen atoms in total. The van der Waals surface area contributed by atoms with Gasteiger partial charge in [-0.05, 0) is 5.92 Å². The number of benzene rings is 1. The summed E-state index contributed by atoms with van der Waals surface area (Å²) in [6.07, 6.45) is 0. The average molecular weight is 350 g/mol. The second-order valence-electron chi connectivity index (χ2n) is 5.11. The van der Waals surface area contributed by atoms with Gasteiger partial charge < -0.3 is 14.6 Å². The predicted octanol–water partition coefficient (Wildman–Crippen LogP) is 1.50. The fraction of sp³-hybridized carbons (Fsp3) is 0.462. The lowest BCUT2D eigenvalue weighted by Gasteiger charge is -2.21. The highest BCUT2D eigenvalue weighted by molar-refractivity contribution is 7.89. The van der Waals surface area contributed by atoms with Gasteiger partial charge in [0.05, 0.1) is 5.02 Å². The maximum Gasteiger partial charge on any atom is 0.322 e. The molecule has 1 aliphatic heterocycles. The maximum atomic E-state index is 12.4. The molecule has 0 radical (unpaired) electrons. The van der Waals surface area contributed by atoms with E-state index < -0.39 is 28.0 Å². The Bertz CT molecular complexity index is 688. The Balaban J connectivity index is 2.39. The topological polar surface area (TPSA) is 102 Å². The van der Waals surface area contributed by atoms with Gasteiger partial charge in [-0.15, -0.1) is 0 Å². The number of carboxylic acids is 1. The van der Waals surface area contributed by atoms with Crippen LogP contribution in [0.15, 0.2) is 17.0 Å². The van der Waals surface area contributed by atoms with Crippen LogP contribution < -0.4 is 14.2 Å². The third kappa shape index (κ3) is 3.45. The van der Waals surface area contributed by atoms with Gasteiger partial charge >= 0.3 is 5.97 Å². The van der Waals surface area contributed by atoms with E-state index in [1.54, 1.807) is 13.8 Å². The maximum absolute atomic E-state index is 12.4. The van der Waals surface area contributed by atoms with E-state index in [9.17, 15) is 13.2 Å². The molecule has 2 rings (SSSR count). The Morgan fingerprint density at radius 1 is 1.27 bits per heavy atom. The Morgan fingerprint density at radius 2 is 1.82 bits per heavy atom. The molecule has 2 N–H and O–H groups in total. The fourth-order valence-corrected chi connectivity index (χ4v) is 3.82. The number of carbonyl (C=O) groups is 1. The lowest BCUT2D eigenvalue weighted by atomic mass is 10.1. The zero-order chi connectivity index (χ0) is 16.5. The van der Waals surface area contributed by atoms with Gasteiger partial charge in [-0.3, -0.25) is 4.79 Å². The number of hydrogen-bond acceptors (Lipinski definition) is 5. The van der Waals surface area contributed by atoms with Gasteiger partial charge in [0.15, 0.2) is 11.5 Å². The number of carboxylic acid groups (broad SMARTS) is 1. The Labute approximate surface area is 133 Å². The quantitative estimate of drug-likeness (QED) is 0.835. The second-order valence-corrected chi connectivity index (χ2v) is 7.20. The van der Waals surface area contributed by atoms with E-state index in [0.29, 0.717) is 19.0 Å². The van der Waals surface area contributed by atoms with Crippen molar-refractivity contribution in [1.82, 2.24) is 4.72 Å². The van der Waals surface area contributed by atoms with Crippen LogP contribution in [0.2, 0.25) is 5.02 Å². The molecule has 0 saturated carbocycles. The molecule has 1 aromatic rings. The molecule has 22 heavy (non-hydrogen) atoms. The predicted molar refractivity (Wildman–Crippen MR) is 79.0 cm³/mol. The van der Waals surface area contributed by atoms with Crippen molar-refractivity contribution >= 4 is 27.6 Å². The molecular formula is C13H16ClNO6S. The fourth-order valence-electron chi connectivity index (χ4n) is 1.95. The van der Waals surface area contributed by atoms with Crippen LogP contribution in [0.4, 0.5) is 0 Å². The molecule has 1 aromatic carbocycles. The third-order valence-electron chi connectivity index (χ3n) is 3.10. The van der Waals surface area contributed by atoms with E-state index in [1.165, 1.54) is 12.1 Å². The monoisotopic (exact) mass is 349 g/mol. The van der Waals surface area contributed by atoms with Gasteiger partial charge in [0, 0.05) is 12.1 Å². The highest BCUT2D eigenvalue weighted by atomic mass is 35.5. The molecule has 122 valence electrons.